The van der Waals surface area contributed by atoms with Gasteiger partial charge in [-0.3, -0.25) is 24.1 Å². The summed E-state index contributed by atoms with van der Waals surface area (Å²) < 4.78 is 0.601. The number of carbonyl (C=O) groups is 3. The minimum atomic E-state index is -2.29. The van der Waals surface area contributed by atoms with Crippen molar-refractivity contribution in [2.45, 2.75) is 24.8 Å². The predicted molar refractivity (Wildman–Crippen MR) is 115 cm³/mol. The van der Waals surface area contributed by atoms with E-state index in [-0.39, 0.29) is 16.7 Å². The Balaban J connectivity index is 1.91. The largest absolute Gasteiger partial charge is 0.381 e. The molecule has 1 saturated heterocycles. The monoisotopic (exact) mass is 471 g/mol. The second kappa shape index (κ2) is 8.83. The number of fused-ring (bicyclic) bond motifs is 1. The van der Waals surface area contributed by atoms with Gasteiger partial charge in [-0.05, 0) is 23.8 Å². The number of carbonyl (C=O) groups excluding carboxylic acids is 3. The first-order chi connectivity index (χ1) is 15.7. The molecular weight excluding hydrogens is 454 g/mol. The fourth-order valence-electron chi connectivity index (χ4n) is 3.76. The van der Waals surface area contributed by atoms with Crippen LogP contribution in [0.4, 0.5) is 0 Å². The van der Waals surface area contributed by atoms with Crippen LogP contribution < -0.4 is 5.56 Å². The van der Waals surface area contributed by atoms with Crippen LogP contribution in [0.15, 0.2) is 53.3 Å². The number of hydrogen-bond donors (Lipinski definition) is 3. The van der Waals surface area contributed by atoms with Gasteiger partial charge in [0.2, 0.25) is 11.6 Å². The molecule has 4 rings (SSSR count). The molecule has 3 unspecified atom stereocenters. The number of aromatic nitrogens is 2. The Bertz CT molecular complexity index is 1320. The van der Waals surface area contributed by atoms with E-state index in [1.54, 1.807) is 42.5 Å². The molecule has 0 spiro atoms. The number of Topliss-reactive ketones (excluding diaryl/α,β-unsaturated/α-hetero) is 2. The molecule has 0 saturated carbocycles. The third-order valence-electron chi connectivity index (χ3n) is 5.48. The lowest BCUT2D eigenvalue weighted by molar-refractivity contribution is -0.161. The SMILES string of the molecule is O=C1C(=O)C(n2nc(Cc3ccc(Cl)cc3)c3ccccc3c2=O)C(O)C(=O)N(CO)C1O. The Morgan fingerprint density at radius 3 is 2.18 bits per heavy atom. The van der Waals surface area contributed by atoms with E-state index in [0.717, 1.165) is 5.56 Å². The van der Waals surface area contributed by atoms with Gasteiger partial charge in [-0.1, -0.05) is 41.9 Å². The van der Waals surface area contributed by atoms with Gasteiger partial charge < -0.3 is 15.3 Å². The molecule has 1 amide bonds. The number of rotatable bonds is 4. The van der Waals surface area contributed by atoms with Gasteiger partial charge in [0.1, 0.15) is 6.73 Å². The van der Waals surface area contributed by atoms with Crippen molar-refractivity contribution in [3.8, 4) is 0 Å². The lowest BCUT2D eigenvalue weighted by atomic mass is 10.0. The maximum atomic E-state index is 13.2. The molecule has 1 aliphatic rings. The van der Waals surface area contributed by atoms with Crippen molar-refractivity contribution in [3.05, 3.63) is 75.2 Å². The van der Waals surface area contributed by atoms with Crippen molar-refractivity contribution < 1.29 is 29.7 Å². The van der Waals surface area contributed by atoms with Crippen LogP contribution in [-0.2, 0) is 20.8 Å². The maximum absolute atomic E-state index is 13.2. The summed E-state index contributed by atoms with van der Waals surface area (Å²) in [5, 5.41) is 35.3. The number of likely N-dealkylation sites (tertiary alicyclic amines) is 1. The van der Waals surface area contributed by atoms with E-state index in [1.165, 1.54) is 6.07 Å². The number of ketones is 2. The summed E-state index contributed by atoms with van der Waals surface area (Å²) in [7, 11) is 0. The molecule has 0 radical (unpaired) electrons. The van der Waals surface area contributed by atoms with E-state index in [9.17, 15) is 34.5 Å². The maximum Gasteiger partial charge on any atom is 0.275 e. The van der Waals surface area contributed by atoms with Gasteiger partial charge in [0.15, 0.2) is 18.4 Å². The number of benzene rings is 2. The fourth-order valence-corrected chi connectivity index (χ4v) is 3.89. The molecule has 170 valence electrons. The molecule has 3 atom stereocenters. The summed E-state index contributed by atoms with van der Waals surface area (Å²) in [4.78, 5) is 51.2. The van der Waals surface area contributed by atoms with Gasteiger partial charge in [-0.25, -0.2) is 4.68 Å². The summed E-state index contributed by atoms with van der Waals surface area (Å²) in [5.74, 6) is -4.14. The molecule has 1 aromatic heterocycles. The highest BCUT2D eigenvalue weighted by Crippen LogP contribution is 2.24. The number of nitrogens with zero attached hydrogens (tertiary/aromatic N) is 3. The van der Waals surface area contributed by atoms with Crippen molar-refractivity contribution in [1.82, 2.24) is 14.7 Å². The molecule has 0 bridgehead atoms. The minimum absolute atomic E-state index is 0.153. The van der Waals surface area contributed by atoms with Crippen LogP contribution in [0.3, 0.4) is 0 Å². The van der Waals surface area contributed by atoms with Gasteiger partial charge >= 0.3 is 0 Å². The summed E-state index contributed by atoms with van der Waals surface area (Å²) in [5.41, 5.74) is 0.315. The lowest BCUT2D eigenvalue weighted by Gasteiger charge is -2.24. The van der Waals surface area contributed by atoms with Gasteiger partial charge in [0.25, 0.3) is 11.5 Å². The standard InChI is InChI=1S/C22H18ClN3O7/c23-12-7-5-11(6-8-12)9-15-13-3-1-2-4-14(13)20(31)26(24-15)16-17(28)19(30)22(33)25(10-27)21(32)18(16)29/h1-8,16,18,22,27,29,33H,9-10H2. The number of aliphatic hydroxyl groups is 3. The number of aliphatic hydroxyl groups excluding tert-OH is 3. The van der Waals surface area contributed by atoms with Crippen LogP contribution in [0.5, 0.6) is 0 Å². The van der Waals surface area contributed by atoms with E-state index < -0.39 is 48.1 Å². The zero-order valence-corrected chi connectivity index (χ0v) is 17.7. The zero-order valence-electron chi connectivity index (χ0n) is 17.0. The molecule has 1 aliphatic heterocycles. The van der Waals surface area contributed by atoms with E-state index in [4.69, 9.17) is 11.6 Å². The zero-order chi connectivity index (χ0) is 23.9. The Morgan fingerprint density at radius 1 is 0.909 bits per heavy atom. The van der Waals surface area contributed by atoms with Gasteiger partial charge in [0, 0.05) is 16.8 Å². The lowest BCUT2D eigenvalue weighted by Crippen LogP contribution is -2.48. The minimum Gasteiger partial charge on any atom is -0.381 e. The first kappa shape index (κ1) is 22.7. The van der Waals surface area contributed by atoms with Crippen LogP contribution in [0, 0.1) is 0 Å². The first-order valence-corrected chi connectivity index (χ1v) is 10.2. The predicted octanol–water partition coefficient (Wildman–Crippen LogP) is -0.209. The molecule has 33 heavy (non-hydrogen) atoms. The van der Waals surface area contributed by atoms with E-state index in [2.05, 4.69) is 5.10 Å². The van der Waals surface area contributed by atoms with Gasteiger partial charge in [-0.2, -0.15) is 5.10 Å². The van der Waals surface area contributed by atoms with Crippen LogP contribution in [-0.4, -0.2) is 66.5 Å². The van der Waals surface area contributed by atoms with E-state index in [0.29, 0.717) is 20.8 Å². The Hall–Kier alpha value is -3.44. The normalized spacial score (nSPS) is 21.5. The Kier molecular flexibility index (Phi) is 6.09. The van der Waals surface area contributed by atoms with Gasteiger partial charge in [-0.15, -0.1) is 0 Å². The highest BCUT2D eigenvalue weighted by molar-refractivity contribution is 6.41. The molecule has 2 aromatic carbocycles. The fraction of sp³-hybridized carbons (Fsp3) is 0.227. The first-order valence-electron chi connectivity index (χ1n) is 9.85. The molecule has 2 heterocycles. The molecular formula is C22H18ClN3O7. The Morgan fingerprint density at radius 2 is 1.55 bits per heavy atom. The third-order valence-corrected chi connectivity index (χ3v) is 5.73. The number of halogens is 1. The molecule has 3 N–H and O–H groups in total. The molecule has 0 aliphatic carbocycles. The quantitative estimate of drug-likeness (QED) is 0.442. The van der Waals surface area contributed by atoms with E-state index in [1.807, 2.05) is 0 Å². The summed E-state index contributed by atoms with van der Waals surface area (Å²) in [6, 6.07) is 11.3. The molecule has 11 heteroatoms. The van der Waals surface area contributed by atoms with Crippen LogP contribution in [0.1, 0.15) is 17.3 Å². The number of hydrogen-bond acceptors (Lipinski definition) is 8. The number of amides is 1. The second-order valence-corrected chi connectivity index (χ2v) is 7.92. The molecule has 10 nitrogen and oxygen atoms in total. The highest BCUT2D eigenvalue weighted by Gasteiger charge is 2.48. The summed E-state index contributed by atoms with van der Waals surface area (Å²) >= 11 is 5.94. The van der Waals surface area contributed by atoms with Crippen molar-refractivity contribution in [2.24, 2.45) is 0 Å². The van der Waals surface area contributed by atoms with E-state index >= 15 is 0 Å². The van der Waals surface area contributed by atoms with Crippen molar-refractivity contribution in [3.63, 3.8) is 0 Å². The van der Waals surface area contributed by atoms with Crippen molar-refractivity contribution in [1.29, 1.82) is 0 Å². The van der Waals surface area contributed by atoms with Crippen molar-refractivity contribution >= 4 is 39.8 Å². The average Bonchev–Trinajstić information content (AvgIpc) is 2.87. The van der Waals surface area contributed by atoms with Crippen LogP contribution in [0.2, 0.25) is 5.02 Å². The molecule has 1 fully saturated rings. The molecule has 3 aromatic rings. The third kappa shape index (κ3) is 3.93. The van der Waals surface area contributed by atoms with Gasteiger partial charge in [0.05, 0.1) is 11.1 Å². The van der Waals surface area contributed by atoms with Crippen LogP contribution in [0.25, 0.3) is 10.8 Å². The summed E-state index contributed by atoms with van der Waals surface area (Å²) in [6.45, 7) is -1.12. The Labute approximate surface area is 191 Å². The van der Waals surface area contributed by atoms with Crippen LogP contribution >= 0.6 is 11.6 Å². The smallest absolute Gasteiger partial charge is 0.275 e. The average molecular weight is 472 g/mol. The summed E-state index contributed by atoms with van der Waals surface area (Å²) in [6.07, 6.45) is -4.32. The highest BCUT2D eigenvalue weighted by atomic mass is 35.5. The van der Waals surface area contributed by atoms with Crippen molar-refractivity contribution in [2.75, 3.05) is 6.73 Å². The second-order valence-electron chi connectivity index (χ2n) is 7.49. The topological polar surface area (TPSA) is 150 Å².